The van der Waals surface area contributed by atoms with E-state index in [1.54, 1.807) is 31.4 Å². The normalized spacial score (nSPS) is 12.4. The van der Waals surface area contributed by atoms with E-state index in [9.17, 15) is 4.79 Å². The van der Waals surface area contributed by atoms with Crippen LogP contribution in [0.5, 0.6) is 5.75 Å². The van der Waals surface area contributed by atoms with Gasteiger partial charge in [0.15, 0.2) is 0 Å². The first kappa shape index (κ1) is 19.7. The molecule has 0 saturated heterocycles. The molecule has 134 valence electrons. The summed E-state index contributed by atoms with van der Waals surface area (Å²) < 4.78 is 3.34. The first-order valence-electron chi connectivity index (χ1n) is 7.56. The maximum Gasteiger partial charge on any atom is 0.252 e. The van der Waals surface area contributed by atoms with Crippen molar-refractivity contribution in [3.8, 4) is 5.75 Å². The van der Waals surface area contributed by atoms with Crippen LogP contribution in [0.25, 0.3) is 0 Å². The summed E-state index contributed by atoms with van der Waals surface area (Å²) in [6, 6.07) is 12.5. The van der Waals surface area contributed by atoms with Gasteiger partial charge in [-0.05, 0) is 55.3 Å². The summed E-state index contributed by atoms with van der Waals surface area (Å²) in [4.78, 5) is 12.5. The SMILES string of the molecule is COc1ccc(C(=O)N[C@@H](Nc2cc(C)ccc2C)C(Cl)(Cl)Cl)cc1. The molecule has 0 saturated carbocycles. The second-order valence-corrected chi connectivity index (χ2v) is 8.01. The molecule has 0 spiro atoms. The second kappa shape index (κ2) is 8.17. The molecule has 0 unspecified atom stereocenters. The van der Waals surface area contributed by atoms with Crippen molar-refractivity contribution in [1.82, 2.24) is 5.32 Å². The van der Waals surface area contributed by atoms with Gasteiger partial charge in [0.2, 0.25) is 3.79 Å². The Kier molecular flexibility index (Phi) is 6.44. The number of anilines is 1. The van der Waals surface area contributed by atoms with Gasteiger partial charge < -0.3 is 15.4 Å². The number of aryl methyl sites for hydroxylation is 2. The summed E-state index contributed by atoms with van der Waals surface area (Å²) >= 11 is 18.2. The van der Waals surface area contributed by atoms with Crippen LogP contribution in [0, 0.1) is 13.8 Å². The van der Waals surface area contributed by atoms with Crippen LogP contribution in [0.15, 0.2) is 42.5 Å². The minimum Gasteiger partial charge on any atom is -0.497 e. The fourth-order valence-electron chi connectivity index (χ4n) is 2.20. The molecule has 25 heavy (non-hydrogen) atoms. The zero-order chi connectivity index (χ0) is 18.6. The van der Waals surface area contributed by atoms with Crippen molar-refractivity contribution in [2.24, 2.45) is 0 Å². The van der Waals surface area contributed by atoms with E-state index in [1.165, 1.54) is 0 Å². The highest BCUT2D eigenvalue weighted by atomic mass is 35.6. The standard InChI is InChI=1S/C18H19Cl3N2O2/c1-11-4-5-12(2)15(10-11)22-17(18(19,20)21)23-16(24)13-6-8-14(25-3)9-7-13/h4-10,17,22H,1-3H3,(H,23,24)/t17-/m1/s1. The number of hydrogen-bond acceptors (Lipinski definition) is 3. The molecule has 0 aliphatic heterocycles. The van der Waals surface area contributed by atoms with Crippen LogP contribution in [0.1, 0.15) is 21.5 Å². The highest BCUT2D eigenvalue weighted by Crippen LogP contribution is 2.32. The predicted octanol–water partition coefficient (Wildman–Crippen LogP) is 4.85. The number of amides is 1. The molecule has 0 heterocycles. The van der Waals surface area contributed by atoms with Gasteiger partial charge in [0.25, 0.3) is 5.91 Å². The molecule has 7 heteroatoms. The van der Waals surface area contributed by atoms with E-state index in [4.69, 9.17) is 39.5 Å². The maximum atomic E-state index is 12.5. The van der Waals surface area contributed by atoms with Crippen molar-refractivity contribution in [3.63, 3.8) is 0 Å². The fraction of sp³-hybridized carbons (Fsp3) is 0.278. The maximum absolute atomic E-state index is 12.5. The van der Waals surface area contributed by atoms with Crippen molar-refractivity contribution >= 4 is 46.4 Å². The Bertz CT molecular complexity index is 743. The topological polar surface area (TPSA) is 50.4 Å². The number of alkyl halides is 3. The summed E-state index contributed by atoms with van der Waals surface area (Å²) in [5, 5.41) is 5.82. The molecule has 4 nitrogen and oxygen atoms in total. The third kappa shape index (κ3) is 5.43. The number of halogens is 3. The Morgan fingerprint density at radius 3 is 2.28 bits per heavy atom. The Morgan fingerprint density at radius 2 is 1.72 bits per heavy atom. The summed E-state index contributed by atoms with van der Waals surface area (Å²) in [6.07, 6.45) is -0.910. The summed E-state index contributed by atoms with van der Waals surface area (Å²) in [5.74, 6) is 0.291. The lowest BCUT2D eigenvalue weighted by molar-refractivity contribution is 0.0942. The lowest BCUT2D eigenvalue weighted by atomic mass is 10.1. The van der Waals surface area contributed by atoms with Crippen LogP contribution in [0.4, 0.5) is 5.69 Å². The molecule has 2 aromatic carbocycles. The average molecular weight is 402 g/mol. The quantitative estimate of drug-likeness (QED) is 0.556. The minimum atomic E-state index is -1.74. The summed E-state index contributed by atoms with van der Waals surface area (Å²) in [5.41, 5.74) is 3.25. The predicted molar refractivity (Wildman–Crippen MR) is 104 cm³/mol. The van der Waals surface area contributed by atoms with Gasteiger partial charge in [0, 0.05) is 11.3 Å². The van der Waals surface area contributed by atoms with Gasteiger partial charge in [-0.25, -0.2) is 0 Å². The lowest BCUT2D eigenvalue weighted by Gasteiger charge is -2.28. The van der Waals surface area contributed by atoms with Gasteiger partial charge in [-0.15, -0.1) is 0 Å². The molecule has 2 rings (SSSR count). The first-order valence-corrected chi connectivity index (χ1v) is 8.69. The van der Waals surface area contributed by atoms with Gasteiger partial charge in [0.1, 0.15) is 11.9 Å². The molecule has 0 aliphatic carbocycles. The molecule has 1 amide bonds. The molecule has 0 aromatic heterocycles. The van der Waals surface area contributed by atoms with E-state index in [-0.39, 0.29) is 5.91 Å². The van der Waals surface area contributed by atoms with E-state index >= 15 is 0 Å². The zero-order valence-corrected chi connectivity index (χ0v) is 16.3. The number of methoxy groups -OCH3 is 1. The molecule has 2 N–H and O–H groups in total. The third-order valence-corrected chi connectivity index (χ3v) is 4.30. The molecular weight excluding hydrogens is 383 g/mol. The largest absolute Gasteiger partial charge is 0.497 e. The molecule has 0 aliphatic rings. The van der Waals surface area contributed by atoms with E-state index in [0.29, 0.717) is 11.3 Å². The number of benzene rings is 2. The van der Waals surface area contributed by atoms with Gasteiger partial charge in [-0.3, -0.25) is 4.79 Å². The van der Waals surface area contributed by atoms with Crippen LogP contribution in [-0.2, 0) is 0 Å². The van der Waals surface area contributed by atoms with Gasteiger partial charge in [-0.2, -0.15) is 0 Å². The van der Waals surface area contributed by atoms with Crippen LogP contribution in [-0.4, -0.2) is 23.0 Å². The first-order chi connectivity index (χ1) is 11.7. The second-order valence-electron chi connectivity index (χ2n) is 5.64. The van der Waals surface area contributed by atoms with Crippen molar-refractivity contribution in [3.05, 3.63) is 59.2 Å². The Hall–Kier alpha value is -1.62. The molecule has 0 fully saturated rings. The van der Waals surface area contributed by atoms with Crippen molar-refractivity contribution in [2.45, 2.75) is 23.8 Å². The number of carbonyl (C=O) groups is 1. The minimum absolute atomic E-state index is 0.364. The zero-order valence-electron chi connectivity index (χ0n) is 14.1. The number of hydrogen-bond donors (Lipinski definition) is 2. The highest BCUT2D eigenvalue weighted by Gasteiger charge is 2.34. The van der Waals surface area contributed by atoms with E-state index in [2.05, 4.69) is 10.6 Å². The number of carbonyl (C=O) groups excluding carboxylic acids is 1. The number of nitrogens with one attached hydrogen (secondary N) is 2. The van der Waals surface area contributed by atoms with E-state index in [0.717, 1.165) is 16.8 Å². The lowest BCUT2D eigenvalue weighted by Crippen LogP contribution is -2.49. The van der Waals surface area contributed by atoms with Gasteiger partial charge in [-0.1, -0.05) is 46.9 Å². The Morgan fingerprint density at radius 1 is 1.08 bits per heavy atom. The van der Waals surface area contributed by atoms with Gasteiger partial charge in [0.05, 0.1) is 7.11 Å². The fourth-order valence-corrected chi connectivity index (χ4v) is 2.53. The molecular formula is C18H19Cl3N2O2. The highest BCUT2D eigenvalue weighted by molar-refractivity contribution is 6.68. The smallest absolute Gasteiger partial charge is 0.252 e. The molecule has 0 radical (unpaired) electrons. The molecule has 0 bridgehead atoms. The van der Waals surface area contributed by atoms with Crippen LogP contribution < -0.4 is 15.4 Å². The third-order valence-electron chi connectivity index (χ3n) is 3.65. The van der Waals surface area contributed by atoms with Gasteiger partial charge >= 0.3 is 0 Å². The molecule has 2 aromatic rings. The average Bonchev–Trinajstić information content (AvgIpc) is 2.56. The summed E-state index contributed by atoms with van der Waals surface area (Å²) in [7, 11) is 1.56. The number of rotatable bonds is 5. The van der Waals surface area contributed by atoms with Crippen molar-refractivity contribution in [2.75, 3.05) is 12.4 Å². The molecule has 1 atom stereocenters. The van der Waals surface area contributed by atoms with Crippen LogP contribution in [0.3, 0.4) is 0 Å². The van der Waals surface area contributed by atoms with E-state index < -0.39 is 9.96 Å². The Labute approximate surface area is 162 Å². The van der Waals surface area contributed by atoms with Crippen molar-refractivity contribution < 1.29 is 9.53 Å². The van der Waals surface area contributed by atoms with Crippen LogP contribution >= 0.6 is 34.8 Å². The monoisotopic (exact) mass is 400 g/mol. The van der Waals surface area contributed by atoms with Crippen molar-refractivity contribution in [1.29, 1.82) is 0 Å². The summed E-state index contributed by atoms with van der Waals surface area (Å²) in [6.45, 7) is 3.90. The van der Waals surface area contributed by atoms with E-state index in [1.807, 2.05) is 32.0 Å². The van der Waals surface area contributed by atoms with Crippen LogP contribution in [0.2, 0.25) is 0 Å². The Balaban J connectivity index is 2.20. The number of ether oxygens (including phenoxy) is 1.